The fourth-order valence-corrected chi connectivity index (χ4v) is 2.80. The molecule has 0 spiro atoms. The molecular formula is C16H15BrClF. The summed E-state index contributed by atoms with van der Waals surface area (Å²) < 4.78 is 13.9. The first-order valence-electron chi connectivity index (χ1n) is 6.23. The van der Waals surface area contributed by atoms with E-state index in [2.05, 4.69) is 28.1 Å². The maximum absolute atomic E-state index is 13.9. The quantitative estimate of drug-likeness (QED) is 0.649. The summed E-state index contributed by atoms with van der Waals surface area (Å²) in [7, 11) is 0. The highest BCUT2D eigenvalue weighted by Crippen LogP contribution is 2.23. The Morgan fingerprint density at radius 1 is 1.00 bits per heavy atom. The minimum atomic E-state index is -0.289. The summed E-state index contributed by atoms with van der Waals surface area (Å²) in [5, 5.41) is 1.04. The average Bonchev–Trinajstić information content (AvgIpc) is 2.44. The van der Waals surface area contributed by atoms with E-state index in [1.807, 2.05) is 24.3 Å². The molecule has 100 valence electrons. The van der Waals surface area contributed by atoms with Crippen LogP contribution in [0, 0.1) is 11.7 Å². The van der Waals surface area contributed by atoms with Gasteiger partial charge < -0.3 is 0 Å². The first-order chi connectivity index (χ1) is 9.20. The van der Waals surface area contributed by atoms with Gasteiger partial charge in [0.15, 0.2) is 0 Å². The Kier molecular flexibility index (Phi) is 5.41. The van der Waals surface area contributed by atoms with E-state index in [1.165, 1.54) is 5.56 Å². The molecular weight excluding hydrogens is 327 g/mol. The molecule has 0 heterocycles. The highest BCUT2D eigenvalue weighted by Gasteiger charge is 2.13. The Morgan fingerprint density at radius 2 is 1.74 bits per heavy atom. The van der Waals surface area contributed by atoms with Crippen LogP contribution in [0.5, 0.6) is 0 Å². The van der Waals surface area contributed by atoms with Crippen LogP contribution in [0.4, 0.5) is 4.39 Å². The number of benzene rings is 2. The maximum Gasteiger partial charge on any atom is 0.144 e. The number of halogens is 3. The molecule has 3 heteroatoms. The van der Waals surface area contributed by atoms with Crippen molar-refractivity contribution in [3.8, 4) is 0 Å². The summed E-state index contributed by atoms with van der Waals surface area (Å²) in [5.41, 5.74) is 1.96. The van der Waals surface area contributed by atoms with Gasteiger partial charge in [0, 0.05) is 5.33 Å². The molecule has 1 atom stereocenters. The van der Waals surface area contributed by atoms with Gasteiger partial charge in [0.1, 0.15) is 5.82 Å². The van der Waals surface area contributed by atoms with Crippen molar-refractivity contribution in [1.29, 1.82) is 0 Å². The lowest BCUT2D eigenvalue weighted by Gasteiger charge is -2.15. The summed E-state index contributed by atoms with van der Waals surface area (Å²) in [4.78, 5) is 0. The van der Waals surface area contributed by atoms with E-state index in [4.69, 9.17) is 11.6 Å². The van der Waals surface area contributed by atoms with Crippen LogP contribution in [0.1, 0.15) is 11.1 Å². The molecule has 2 aromatic carbocycles. The Morgan fingerprint density at radius 3 is 2.42 bits per heavy atom. The van der Waals surface area contributed by atoms with E-state index < -0.39 is 0 Å². The van der Waals surface area contributed by atoms with Gasteiger partial charge in [-0.2, -0.15) is 0 Å². The van der Waals surface area contributed by atoms with Crippen LogP contribution in [0.3, 0.4) is 0 Å². The van der Waals surface area contributed by atoms with Gasteiger partial charge in [-0.25, -0.2) is 4.39 Å². The summed E-state index contributed by atoms with van der Waals surface area (Å²) in [6.07, 6.45) is 1.62. The van der Waals surface area contributed by atoms with E-state index >= 15 is 0 Å². The van der Waals surface area contributed by atoms with Crippen LogP contribution in [0.25, 0.3) is 0 Å². The van der Waals surface area contributed by atoms with Crippen LogP contribution in [-0.4, -0.2) is 5.33 Å². The van der Waals surface area contributed by atoms with Crippen molar-refractivity contribution >= 4 is 27.5 Å². The van der Waals surface area contributed by atoms with Crippen LogP contribution < -0.4 is 0 Å². The van der Waals surface area contributed by atoms with E-state index in [0.717, 1.165) is 11.8 Å². The SMILES string of the molecule is Fc1c(Cl)cccc1CC(CBr)Cc1ccccc1. The molecule has 2 aromatic rings. The molecule has 2 rings (SSSR count). The third-order valence-electron chi connectivity index (χ3n) is 3.13. The normalized spacial score (nSPS) is 12.4. The first-order valence-corrected chi connectivity index (χ1v) is 7.73. The molecule has 0 aliphatic rings. The predicted molar refractivity (Wildman–Crippen MR) is 82.5 cm³/mol. The second kappa shape index (κ2) is 7.06. The fraction of sp³-hybridized carbons (Fsp3) is 0.250. The number of hydrogen-bond donors (Lipinski definition) is 0. The number of rotatable bonds is 5. The molecule has 1 unspecified atom stereocenters. The first kappa shape index (κ1) is 14.5. The monoisotopic (exact) mass is 340 g/mol. The Labute approximate surface area is 126 Å². The summed E-state index contributed by atoms with van der Waals surface area (Å²) in [6, 6.07) is 15.5. The van der Waals surface area contributed by atoms with Crippen molar-refractivity contribution in [2.45, 2.75) is 12.8 Å². The smallest absolute Gasteiger partial charge is 0.144 e. The van der Waals surface area contributed by atoms with Crippen LogP contribution in [-0.2, 0) is 12.8 Å². The zero-order valence-corrected chi connectivity index (χ0v) is 12.8. The van der Waals surface area contributed by atoms with Gasteiger partial charge in [-0.1, -0.05) is 70.0 Å². The highest BCUT2D eigenvalue weighted by molar-refractivity contribution is 9.09. The molecule has 0 N–H and O–H groups in total. The van der Waals surface area contributed by atoms with Gasteiger partial charge in [0.25, 0.3) is 0 Å². The zero-order valence-electron chi connectivity index (χ0n) is 10.5. The molecule has 19 heavy (non-hydrogen) atoms. The van der Waals surface area contributed by atoms with Crippen LogP contribution in [0.2, 0.25) is 5.02 Å². The third kappa shape index (κ3) is 4.05. The average molecular weight is 342 g/mol. The molecule has 0 amide bonds. The van der Waals surface area contributed by atoms with Crippen molar-refractivity contribution in [3.63, 3.8) is 0 Å². The second-order valence-electron chi connectivity index (χ2n) is 4.63. The van der Waals surface area contributed by atoms with Gasteiger partial charge in [-0.15, -0.1) is 0 Å². The third-order valence-corrected chi connectivity index (χ3v) is 4.33. The lowest BCUT2D eigenvalue weighted by atomic mass is 9.94. The molecule has 0 aliphatic carbocycles. The lowest BCUT2D eigenvalue weighted by molar-refractivity contribution is 0.551. The van der Waals surface area contributed by atoms with Crippen molar-refractivity contribution in [1.82, 2.24) is 0 Å². The van der Waals surface area contributed by atoms with Crippen LogP contribution in [0.15, 0.2) is 48.5 Å². The van der Waals surface area contributed by atoms with E-state index in [9.17, 15) is 4.39 Å². The summed E-state index contributed by atoms with van der Waals surface area (Å²) in [5.74, 6) is 0.0681. The van der Waals surface area contributed by atoms with E-state index in [1.54, 1.807) is 12.1 Å². The molecule has 0 saturated heterocycles. The molecule has 0 aliphatic heterocycles. The predicted octanol–water partition coefficient (Wildman–Crippen LogP) is 5.28. The van der Waals surface area contributed by atoms with Gasteiger partial charge in [-0.05, 0) is 36.0 Å². The minimum absolute atomic E-state index is 0.200. The number of alkyl halides is 1. The standard InChI is InChI=1S/C16H15BrClF/c17-11-13(9-12-5-2-1-3-6-12)10-14-7-4-8-15(18)16(14)19/h1-8,13H,9-11H2. The van der Waals surface area contributed by atoms with Crippen molar-refractivity contribution in [2.75, 3.05) is 5.33 Å². The summed E-state index contributed by atoms with van der Waals surface area (Å²) >= 11 is 9.33. The maximum atomic E-state index is 13.9. The molecule has 0 aromatic heterocycles. The summed E-state index contributed by atoms with van der Waals surface area (Å²) in [6.45, 7) is 0. The number of hydrogen-bond acceptors (Lipinski definition) is 0. The topological polar surface area (TPSA) is 0 Å². The van der Waals surface area contributed by atoms with Gasteiger partial charge in [-0.3, -0.25) is 0 Å². The van der Waals surface area contributed by atoms with E-state index in [-0.39, 0.29) is 10.8 Å². The zero-order chi connectivity index (χ0) is 13.7. The molecule has 0 bridgehead atoms. The minimum Gasteiger partial charge on any atom is -0.205 e. The fourth-order valence-electron chi connectivity index (χ4n) is 2.15. The van der Waals surface area contributed by atoms with Crippen molar-refractivity contribution in [3.05, 3.63) is 70.5 Å². The Hall–Kier alpha value is -0.860. The van der Waals surface area contributed by atoms with Gasteiger partial charge in [0.2, 0.25) is 0 Å². The van der Waals surface area contributed by atoms with Gasteiger partial charge >= 0.3 is 0 Å². The molecule has 0 radical (unpaired) electrons. The molecule has 0 nitrogen and oxygen atoms in total. The highest BCUT2D eigenvalue weighted by atomic mass is 79.9. The lowest BCUT2D eigenvalue weighted by Crippen LogP contribution is -2.11. The van der Waals surface area contributed by atoms with E-state index in [0.29, 0.717) is 17.9 Å². The Bertz CT molecular complexity index is 528. The van der Waals surface area contributed by atoms with Crippen molar-refractivity contribution in [2.24, 2.45) is 5.92 Å². The largest absolute Gasteiger partial charge is 0.205 e. The second-order valence-corrected chi connectivity index (χ2v) is 5.68. The molecule has 0 fully saturated rings. The van der Waals surface area contributed by atoms with Crippen molar-refractivity contribution < 1.29 is 4.39 Å². The molecule has 0 saturated carbocycles. The van der Waals surface area contributed by atoms with Gasteiger partial charge in [0.05, 0.1) is 5.02 Å². The Balaban J connectivity index is 2.09. The van der Waals surface area contributed by atoms with Crippen LogP contribution >= 0.6 is 27.5 Å².